The summed E-state index contributed by atoms with van der Waals surface area (Å²) in [6.45, 7) is 1.83. The molecule has 0 unspecified atom stereocenters. The zero-order chi connectivity index (χ0) is 9.42. The summed E-state index contributed by atoms with van der Waals surface area (Å²) in [5, 5.41) is 10.3. The average Bonchev–Trinajstić information content (AvgIpc) is 2.48. The van der Waals surface area contributed by atoms with Crippen molar-refractivity contribution in [3.8, 4) is 11.5 Å². The number of furan rings is 1. The smallest absolute Gasteiger partial charge is 0.179 e. The Hall–Kier alpha value is -1.64. The van der Waals surface area contributed by atoms with Crippen molar-refractivity contribution >= 4 is 11.0 Å². The van der Waals surface area contributed by atoms with Crippen LogP contribution in [-0.4, -0.2) is 12.2 Å². The van der Waals surface area contributed by atoms with Crippen molar-refractivity contribution in [2.24, 2.45) is 0 Å². The Morgan fingerprint density at radius 1 is 1.38 bits per heavy atom. The molecule has 13 heavy (non-hydrogen) atoms. The quantitative estimate of drug-likeness (QED) is 0.729. The monoisotopic (exact) mass is 178 g/mol. The number of fused-ring (bicyclic) bond motifs is 1. The number of rotatable bonds is 1. The third-order valence-electron chi connectivity index (χ3n) is 1.97. The van der Waals surface area contributed by atoms with Gasteiger partial charge < -0.3 is 14.3 Å². The second-order valence-corrected chi connectivity index (χ2v) is 2.89. The number of benzene rings is 1. The van der Waals surface area contributed by atoms with Crippen molar-refractivity contribution in [1.29, 1.82) is 0 Å². The van der Waals surface area contributed by atoms with Crippen LogP contribution in [0.4, 0.5) is 0 Å². The molecule has 0 aliphatic heterocycles. The molecule has 0 atom stereocenters. The SMILES string of the molecule is COc1ccc(O)c2oc(C)cc12. The predicted octanol–water partition coefficient (Wildman–Crippen LogP) is 2.46. The molecule has 0 saturated heterocycles. The summed E-state index contributed by atoms with van der Waals surface area (Å²) in [5.74, 6) is 1.61. The van der Waals surface area contributed by atoms with Gasteiger partial charge in [-0.05, 0) is 25.1 Å². The Morgan fingerprint density at radius 2 is 2.15 bits per heavy atom. The highest BCUT2D eigenvalue weighted by Gasteiger charge is 2.09. The van der Waals surface area contributed by atoms with Gasteiger partial charge in [0.25, 0.3) is 0 Å². The molecule has 1 heterocycles. The lowest BCUT2D eigenvalue weighted by molar-refractivity contribution is 0.417. The molecule has 0 amide bonds. The fourth-order valence-electron chi connectivity index (χ4n) is 1.39. The Kier molecular flexibility index (Phi) is 1.65. The molecule has 0 radical (unpaired) electrons. The summed E-state index contributed by atoms with van der Waals surface area (Å²) in [5.41, 5.74) is 0.483. The van der Waals surface area contributed by atoms with Gasteiger partial charge in [-0.15, -0.1) is 0 Å². The van der Waals surface area contributed by atoms with E-state index in [4.69, 9.17) is 9.15 Å². The Bertz CT molecular complexity index is 443. The van der Waals surface area contributed by atoms with Crippen LogP contribution in [0.1, 0.15) is 5.76 Å². The van der Waals surface area contributed by atoms with E-state index in [1.54, 1.807) is 19.2 Å². The minimum Gasteiger partial charge on any atom is -0.504 e. The highest BCUT2D eigenvalue weighted by Crippen LogP contribution is 2.34. The molecule has 0 aliphatic rings. The maximum atomic E-state index is 9.46. The molecule has 2 aromatic rings. The topological polar surface area (TPSA) is 42.6 Å². The van der Waals surface area contributed by atoms with Gasteiger partial charge in [-0.3, -0.25) is 0 Å². The van der Waals surface area contributed by atoms with Crippen LogP contribution in [0.15, 0.2) is 22.6 Å². The minimum absolute atomic E-state index is 0.143. The molecular weight excluding hydrogens is 168 g/mol. The first-order chi connectivity index (χ1) is 6.22. The van der Waals surface area contributed by atoms with E-state index < -0.39 is 0 Å². The fraction of sp³-hybridized carbons (Fsp3) is 0.200. The number of hydrogen-bond acceptors (Lipinski definition) is 3. The molecule has 0 saturated carbocycles. The molecule has 0 aliphatic carbocycles. The van der Waals surface area contributed by atoms with Crippen LogP contribution in [0.2, 0.25) is 0 Å². The first-order valence-electron chi connectivity index (χ1n) is 3.98. The minimum atomic E-state index is 0.143. The average molecular weight is 178 g/mol. The number of aromatic hydroxyl groups is 1. The molecule has 0 bridgehead atoms. The predicted molar refractivity (Wildman–Crippen MR) is 49.2 cm³/mol. The van der Waals surface area contributed by atoms with Gasteiger partial charge in [0, 0.05) is 0 Å². The lowest BCUT2D eigenvalue weighted by Crippen LogP contribution is -1.82. The summed E-state index contributed by atoms with van der Waals surface area (Å²) in [6.07, 6.45) is 0. The van der Waals surface area contributed by atoms with Crippen LogP contribution in [0.3, 0.4) is 0 Å². The van der Waals surface area contributed by atoms with Gasteiger partial charge in [0.1, 0.15) is 11.5 Å². The molecule has 2 rings (SSSR count). The van der Waals surface area contributed by atoms with Crippen molar-refractivity contribution in [3.05, 3.63) is 24.0 Å². The lowest BCUT2D eigenvalue weighted by Gasteiger charge is -2.00. The molecule has 3 heteroatoms. The van der Waals surface area contributed by atoms with E-state index in [9.17, 15) is 5.11 Å². The van der Waals surface area contributed by atoms with E-state index in [0.717, 1.165) is 11.1 Å². The van der Waals surface area contributed by atoms with Crippen LogP contribution >= 0.6 is 0 Å². The third-order valence-corrected chi connectivity index (χ3v) is 1.97. The molecule has 0 fully saturated rings. The van der Waals surface area contributed by atoms with Gasteiger partial charge >= 0.3 is 0 Å². The van der Waals surface area contributed by atoms with E-state index >= 15 is 0 Å². The molecular formula is C10H10O3. The van der Waals surface area contributed by atoms with E-state index in [-0.39, 0.29) is 5.75 Å². The third kappa shape index (κ3) is 1.13. The van der Waals surface area contributed by atoms with Crippen molar-refractivity contribution < 1.29 is 14.3 Å². The van der Waals surface area contributed by atoms with Crippen LogP contribution in [0, 0.1) is 6.92 Å². The van der Waals surface area contributed by atoms with Gasteiger partial charge in [0.2, 0.25) is 0 Å². The Labute approximate surface area is 75.5 Å². The van der Waals surface area contributed by atoms with Crippen molar-refractivity contribution in [2.75, 3.05) is 7.11 Å². The van der Waals surface area contributed by atoms with Gasteiger partial charge in [-0.2, -0.15) is 0 Å². The highest BCUT2D eigenvalue weighted by atomic mass is 16.5. The van der Waals surface area contributed by atoms with E-state index in [1.807, 2.05) is 13.0 Å². The molecule has 1 N–H and O–H groups in total. The van der Waals surface area contributed by atoms with Crippen LogP contribution in [-0.2, 0) is 0 Å². The number of hydrogen-bond donors (Lipinski definition) is 1. The normalized spacial score (nSPS) is 10.6. The van der Waals surface area contributed by atoms with Crippen LogP contribution in [0.5, 0.6) is 11.5 Å². The zero-order valence-corrected chi connectivity index (χ0v) is 7.50. The number of phenols is 1. The maximum Gasteiger partial charge on any atom is 0.179 e. The maximum absolute atomic E-state index is 9.46. The van der Waals surface area contributed by atoms with Crippen molar-refractivity contribution in [1.82, 2.24) is 0 Å². The largest absolute Gasteiger partial charge is 0.504 e. The summed E-state index contributed by atoms with van der Waals surface area (Å²) in [7, 11) is 1.59. The Morgan fingerprint density at radius 3 is 2.85 bits per heavy atom. The highest BCUT2D eigenvalue weighted by molar-refractivity contribution is 5.89. The molecule has 1 aromatic carbocycles. The standard InChI is InChI=1S/C10H10O3/c1-6-5-7-9(12-2)4-3-8(11)10(7)13-6/h3-5,11H,1-2H3. The number of aryl methyl sites for hydroxylation is 1. The summed E-state index contributed by atoms with van der Waals surface area (Å²) in [4.78, 5) is 0. The Balaban J connectivity index is 2.83. The van der Waals surface area contributed by atoms with Gasteiger partial charge in [-0.1, -0.05) is 0 Å². The molecule has 0 spiro atoms. The van der Waals surface area contributed by atoms with Gasteiger partial charge in [0.05, 0.1) is 12.5 Å². The molecule has 3 nitrogen and oxygen atoms in total. The van der Waals surface area contributed by atoms with Gasteiger partial charge in [0.15, 0.2) is 11.3 Å². The van der Waals surface area contributed by atoms with Gasteiger partial charge in [-0.25, -0.2) is 0 Å². The first kappa shape index (κ1) is 7.98. The summed E-state index contributed by atoms with van der Waals surface area (Å²) < 4.78 is 10.4. The van der Waals surface area contributed by atoms with E-state index in [0.29, 0.717) is 11.3 Å². The molecule has 1 aromatic heterocycles. The van der Waals surface area contributed by atoms with E-state index in [2.05, 4.69) is 0 Å². The lowest BCUT2D eigenvalue weighted by atomic mass is 10.2. The van der Waals surface area contributed by atoms with Crippen LogP contribution < -0.4 is 4.74 Å². The fourth-order valence-corrected chi connectivity index (χ4v) is 1.39. The van der Waals surface area contributed by atoms with E-state index in [1.165, 1.54) is 0 Å². The summed E-state index contributed by atoms with van der Waals surface area (Å²) in [6, 6.07) is 5.12. The van der Waals surface area contributed by atoms with Crippen molar-refractivity contribution in [2.45, 2.75) is 6.92 Å². The second-order valence-electron chi connectivity index (χ2n) is 2.89. The number of phenolic OH excluding ortho intramolecular Hbond substituents is 1. The molecule has 68 valence electrons. The zero-order valence-electron chi connectivity index (χ0n) is 7.50. The number of ether oxygens (including phenoxy) is 1. The second kappa shape index (κ2) is 2.69. The number of methoxy groups -OCH3 is 1. The van der Waals surface area contributed by atoms with Crippen LogP contribution in [0.25, 0.3) is 11.0 Å². The first-order valence-corrected chi connectivity index (χ1v) is 3.98. The summed E-state index contributed by atoms with van der Waals surface area (Å²) >= 11 is 0. The van der Waals surface area contributed by atoms with Crippen molar-refractivity contribution in [3.63, 3.8) is 0 Å².